The van der Waals surface area contributed by atoms with E-state index in [2.05, 4.69) is 0 Å². The Balaban J connectivity index is 2.23. The molecule has 2 aromatic carbocycles. The van der Waals surface area contributed by atoms with E-state index in [9.17, 15) is 21.6 Å². The molecule has 2 rings (SSSR count). The fourth-order valence-corrected chi connectivity index (χ4v) is 2.53. The van der Waals surface area contributed by atoms with E-state index in [1.165, 1.54) is 24.3 Å². The highest BCUT2D eigenvalue weighted by atomic mass is 35.5. The molecule has 2 aromatic rings. The highest BCUT2D eigenvalue weighted by molar-refractivity contribution is 7.87. The molecule has 3 nitrogen and oxygen atoms in total. The lowest BCUT2D eigenvalue weighted by molar-refractivity contribution is -0.137. The van der Waals surface area contributed by atoms with Gasteiger partial charge in [-0.15, -0.1) is 0 Å². The van der Waals surface area contributed by atoms with Crippen molar-refractivity contribution in [3.63, 3.8) is 0 Å². The van der Waals surface area contributed by atoms with Gasteiger partial charge >= 0.3 is 16.3 Å². The van der Waals surface area contributed by atoms with Gasteiger partial charge in [-0.25, -0.2) is 0 Å². The molecule has 0 unspecified atom stereocenters. The van der Waals surface area contributed by atoms with Crippen molar-refractivity contribution in [3.05, 3.63) is 59.1 Å². The van der Waals surface area contributed by atoms with Gasteiger partial charge in [-0.2, -0.15) is 21.6 Å². The van der Waals surface area contributed by atoms with Crippen molar-refractivity contribution < 1.29 is 25.8 Å². The van der Waals surface area contributed by atoms with Crippen LogP contribution < -0.4 is 4.18 Å². The summed E-state index contributed by atoms with van der Waals surface area (Å²) in [5.41, 5.74) is -0.890. The molecule has 0 saturated carbocycles. The molecule has 0 fully saturated rings. The molecule has 0 aliphatic carbocycles. The average molecular weight is 337 g/mol. The second-order valence-corrected chi connectivity index (χ2v) is 6.00. The van der Waals surface area contributed by atoms with Crippen molar-refractivity contribution in [1.82, 2.24) is 0 Å². The van der Waals surface area contributed by atoms with Gasteiger partial charge in [0.25, 0.3) is 0 Å². The van der Waals surface area contributed by atoms with Crippen LogP contribution in [-0.2, 0) is 16.3 Å². The molecule has 0 atom stereocenters. The van der Waals surface area contributed by atoms with Crippen LogP contribution in [0.5, 0.6) is 5.75 Å². The van der Waals surface area contributed by atoms with Crippen LogP contribution >= 0.6 is 11.6 Å². The van der Waals surface area contributed by atoms with E-state index < -0.39 is 21.9 Å². The summed E-state index contributed by atoms with van der Waals surface area (Å²) in [6.45, 7) is 0. The number of halogens is 4. The van der Waals surface area contributed by atoms with E-state index >= 15 is 0 Å². The molecule has 21 heavy (non-hydrogen) atoms. The van der Waals surface area contributed by atoms with Gasteiger partial charge in [0, 0.05) is 5.02 Å². The zero-order chi connectivity index (χ0) is 15.7. The summed E-state index contributed by atoms with van der Waals surface area (Å²) in [4.78, 5) is -0.146. The third kappa shape index (κ3) is 3.89. The Kier molecular flexibility index (Phi) is 4.15. The first-order valence-electron chi connectivity index (χ1n) is 5.56. The molecule has 0 heterocycles. The first kappa shape index (κ1) is 15.7. The topological polar surface area (TPSA) is 43.4 Å². The zero-order valence-corrected chi connectivity index (χ0v) is 11.8. The Bertz CT molecular complexity index is 723. The molecular formula is C13H8ClF3O3S. The molecule has 0 aliphatic heterocycles. The fourth-order valence-electron chi connectivity index (χ4n) is 1.48. The van der Waals surface area contributed by atoms with Crippen LogP contribution in [0, 0.1) is 0 Å². The molecular weight excluding hydrogens is 329 g/mol. The molecule has 0 saturated heterocycles. The lowest BCUT2D eigenvalue weighted by Gasteiger charge is -2.09. The Hall–Kier alpha value is -1.73. The minimum Gasteiger partial charge on any atom is -0.379 e. The van der Waals surface area contributed by atoms with E-state index in [1.54, 1.807) is 0 Å². The van der Waals surface area contributed by atoms with Crippen LogP contribution in [-0.4, -0.2) is 8.42 Å². The summed E-state index contributed by atoms with van der Waals surface area (Å²) in [5.74, 6) is -0.210. The molecule has 112 valence electrons. The molecule has 0 bridgehead atoms. The molecule has 0 amide bonds. The highest BCUT2D eigenvalue weighted by Crippen LogP contribution is 2.30. The van der Waals surface area contributed by atoms with E-state index in [1.807, 2.05) is 0 Å². The van der Waals surface area contributed by atoms with E-state index in [-0.39, 0.29) is 10.6 Å². The van der Waals surface area contributed by atoms with Gasteiger partial charge < -0.3 is 4.18 Å². The summed E-state index contributed by atoms with van der Waals surface area (Å²) in [6, 6.07) is 8.57. The second kappa shape index (κ2) is 5.57. The predicted octanol–water partition coefficient (Wildman–Crippen LogP) is 4.13. The maximum absolute atomic E-state index is 12.4. The molecule has 0 N–H and O–H groups in total. The average Bonchev–Trinajstić information content (AvgIpc) is 2.38. The van der Waals surface area contributed by atoms with Gasteiger partial charge in [-0.3, -0.25) is 0 Å². The molecule has 0 aromatic heterocycles. The summed E-state index contributed by atoms with van der Waals surface area (Å²) < 4.78 is 65.7. The van der Waals surface area contributed by atoms with Gasteiger partial charge in [-0.05, 0) is 48.5 Å². The zero-order valence-electron chi connectivity index (χ0n) is 10.3. The predicted molar refractivity (Wildman–Crippen MR) is 70.7 cm³/mol. The lowest BCUT2D eigenvalue weighted by atomic mass is 10.2. The molecule has 0 spiro atoms. The first-order valence-corrected chi connectivity index (χ1v) is 7.34. The van der Waals surface area contributed by atoms with Crippen LogP contribution in [0.15, 0.2) is 53.4 Å². The Morgan fingerprint density at radius 1 is 0.905 bits per heavy atom. The summed E-state index contributed by atoms with van der Waals surface area (Å²) in [7, 11) is -4.12. The maximum Gasteiger partial charge on any atom is 0.416 e. The van der Waals surface area contributed by atoms with Crippen molar-refractivity contribution in [1.29, 1.82) is 0 Å². The van der Waals surface area contributed by atoms with E-state index in [0.717, 1.165) is 24.3 Å². The standard InChI is InChI=1S/C13H8ClF3O3S/c14-10-3-7-12(8-4-10)21(18,19)20-11-5-1-9(2-6-11)13(15,16)17/h1-8H. The Labute approximate surface area is 124 Å². The van der Waals surface area contributed by atoms with E-state index in [4.69, 9.17) is 15.8 Å². The molecule has 0 aliphatic rings. The Morgan fingerprint density at radius 3 is 1.90 bits per heavy atom. The van der Waals surface area contributed by atoms with Crippen molar-refractivity contribution in [2.45, 2.75) is 11.1 Å². The smallest absolute Gasteiger partial charge is 0.379 e. The van der Waals surface area contributed by atoms with Crippen molar-refractivity contribution in [3.8, 4) is 5.75 Å². The number of rotatable bonds is 3. The normalized spacial score (nSPS) is 12.2. The minimum atomic E-state index is -4.49. The van der Waals surface area contributed by atoms with Gasteiger partial charge in [-0.1, -0.05) is 11.6 Å². The molecule has 0 radical (unpaired) electrons. The third-order valence-electron chi connectivity index (χ3n) is 2.49. The number of hydrogen-bond acceptors (Lipinski definition) is 3. The van der Waals surface area contributed by atoms with Crippen LogP contribution in [0.25, 0.3) is 0 Å². The van der Waals surface area contributed by atoms with Crippen LogP contribution in [0.4, 0.5) is 13.2 Å². The number of hydrogen-bond donors (Lipinski definition) is 0. The van der Waals surface area contributed by atoms with Gasteiger partial charge in [0.15, 0.2) is 0 Å². The summed E-state index contributed by atoms with van der Waals surface area (Å²) in [5, 5.41) is 0.350. The van der Waals surface area contributed by atoms with Crippen LogP contribution in [0.1, 0.15) is 5.56 Å². The van der Waals surface area contributed by atoms with Crippen molar-refractivity contribution in [2.24, 2.45) is 0 Å². The lowest BCUT2D eigenvalue weighted by Crippen LogP contribution is -2.10. The largest absolute Gasteiger partial charge is 0.416 e. The minimum absolute atomic E-state index is 0.146. The second-order valence-electron chi connectivity index (χ2n) is 4.01. The highest BCUT2D eigenvalue weighted by Gasteiger charge is 2.30. The maximum atomic E-state index is 12.4. The van der Waals surface area contributed by atoms with Crippen molar-refractivity contribution >= 4 is 21.7 Å². The Morgan fingerprint density at radius 2 is 1.43 bits per heavy atom. The molecule has 8 heteroatoms. The van der Waals surface area contributed by atoms with Gasteiger partial charge in [0.05, 0.1) is 5.56 Å². The summed E-state index contributed by atoms with van der Waals surface area (Å²) in [6.07, 6.45) is -4.49. The fraction of sp³-hybridized carbons (Fsp3) is 0.0769. The summed E-state index contributed by atoms with van der Waals surface area (Å²) >= 11 is 5.64. The number of benzene rings is 2. The third-order valence-corrected chi connectivity index (χ3v) is 4.00. The SMILES string of the molecule is O=S(=O)(Oc1ccc(C(F)(F)F)cc1)c1ccc(Cl)cc1. The van der Waals surface area contributed by atoms with Gasteiger partial charge in [0.1, 0.15) is 10.6 Å². The monoisotopic (exact) mass is 336 g/mol. The van der Waals surface area contributed by atoms with Crippen LogP contribution in [0.2, 0.25) is 5.02 Å². The first-order chi connectivity index (χ1) is 9.68. The number of alkyl halides is 3. The van der Waals surface area contributed by atoms with Crippen molar-refractivity contribution in [2.75, 3.05) is 0 Å². The van der Waals surface area contributed by atoms with Gasteiger partial charge in [0.2, 0.25) is 0 Å². The quantitative estimate of drug-likeness (QED) is 0.792. The van der Waals surface area contributed by atoms with E-state index in [0.29, 0.717) is 5.02 Å². The van der Waals surface area contributed by atoms with Crippen LogP contribution in [0.3, 0.4) is 0 Å².